The summed E-state index contributed by atoms with van der Waals surface area (Å²) >= 11 is 0. The Morgan fingerprint density at radius 2 is 2.15 bits per heavy atom. The van der Waals surface area contributed by atoms with E-state index >= 15 is 0 Å². The van der Waals surface area contributed by atoms with Gasteiger partial charge < -0.3 is 21.5 Å². The minimum absolute atomic E-state index is 0.0654. The molecule has 8 nitrogen and oxygen atoms in total. The molecule has 0 saturated heterocycles. The molecule has 108 valence electrons. The van der Waals surface area contributed by atoms with Crippen LogP contribution in [0, 0.1) is 6.92 Å². The fraction of sp³-hybridized carbons (Fsp3) is 0.333. The summed E-state index contributed by atoms with van der Waals surface area (Å²) < 4.78 is 0. The first-order chi connectivity index (χ1) is 9.40. The molecule has 1 heterocycles. The van der Waals surface area contributed by atoms with E-state index in [-0.39, 0.29) is 12.8 Å². The number of anilines is 1. The number of aromatic nitrogens is 1. The van der Waals surface area contributed by atoms with Crippen molar-refractivity contribution < 1.29 is 19.5 Å². The van der Waals surface area contributed by atoms with Crippen LogP contribution in [0.2, 0.25) is 0 Å². The minimum Gasteiger partial charge on any atom is -0.480 e. The molecule has 1 aromatic heterocycles. The van der Waals surface area contributed by atoms with Crippen molar-refractivity contribution in [1.29, 1.82) is 0 Å². The Hall–Kier alpha value is -2.64. The molecule has 0 saturated carbocycles. The van der Waals surface area contributed by atoms with Crippen molar-refractivity contribution in [3.8, 4) is 0 Å². The lowest BCUT2D eigenvalue weighted by Crippen LogP contribution is -2.43. The Morgan fingerprint density at radius 3 is 2.70 bits per heavy atom. The van der Waals surface area contributed by atoms with Crippen molar-refractivity contribution >= 4 is 23.6 Å². The Kier molecular flexibility index (Phi) is 5.45. The second-order valence-electron chi connectivity index (χ2n) is 4.18. The van der Waals surface area contributed by atoms with Gasteiger partial charge in [0.05, 0.1) is 11.9 Å². The molecule has 0 aromatic carbocycles. The van der Waals surface area contributed by atoms with Gasteiger partial charge in [-0.15, -0.1) is 0 Å². The number of hydrogen-bond donors (Lipinski definition) is 4. The van der Waals surface area contributed by atoms with E-state index in [0.29, 0.717) is 5.69 Å². The van der Waals surface area contributed by atoms with E-state index in [0.717, 1.165) is 5.56 Å². The zero-order valence-electron chi connectivity index (χ0n) is 10.9. The number of primary amides is 1. The Balaban J connectivity index is 2.60. The van der Waals surface area contributed by atoms with E-state index in [1.807, 2.05) is 0 Å². The van der Waals surface area contributed by atoms with Crippen LogP contribution in [-0.2, 0) is 9.59 Å². The number of hydrogen-bond acceptors (Lipinski definition) is 4. The molecular weight excluding hydrogens is 264 g/mol. The number of aryl methyl sites for hydroxylation is 1. The van der Waals surface area contributed by atoms with E-state index in [1.165, 1.54) is 6.20 Å². The highest BCUT2D eigenvalue weighted by molar-refractivity contribution is 5.92. The molecule has 1 atom stereocenters. The lowest BCUT2D eigenvalue weighted by molar-refractivity contribution is -0.139. The van der Waals surface area contributed by atoms with Gasteiger partial charge in [0.25, 0.3) is 0 Å². The normalized spacial score (nSPS) is 11.4. The zero-order chi connectivity index (χ0) is 15.1. The van der Waals surface area contributed by atoms with Gasteiger partial charge in [-0.2, -0.15) is 0 Å². The maximum Gasteiger partial charge on any atom is 0.326 e. The maximum absolute atomic E-state index is 11.7. The van der Waals surface area contributed by atoms with Crippen LogP contribution in [0.4, 0.5) is 10.5 Å². The number of rotatable bonds is 6. The molecule has 0 bridgehead atoms. The fourth-order valence-electron chi connectivity index (χ4n) is 1.46. The van der Waals surface area contributed by atoms with Crippen molar-refractivity contribution in [3.63, 3.8) is 0 Å². The number of amides is 3. The number of carbonyl (C=O) groups is 3. The van der Waals surface area contributed by atoms with Gasteiger partial charge in [0, 0.05) is 12.6 Å². The summed E-state index contributed by atoms with van der Waals surface area (Å²) in [6.45, 7) is 1.78. The zero-order valence-corrected chi connectivity index (χ0v) is 10.9. The van der Waals surface area contributed by atoms with Gasteiger partial charge in [-0.3, -0.25) is 9.78 Å². The molecule has 20 heavy (non-hydrogen) atoms. The molecule has 5 N–H and O–H groups in total. The van der Waals surface area contributed by atoms with Gasteiger partial charge in [0.2, 0.25) is 5.91 Å². The van der Waals surface area contributed by atoms with Crippen molar-refractivity contribution in [2.45, 2.75) is 25.8 Å². The van der Waals surface area contributed by atoms with Crippen molar-refractivity contribution in [3.05, 3.63) is 24.0 Å². The molecule has 0 aliphatic heterocycles. The van der Waals surface area contributed by atoms with Gasteiger partial charge in [0.15, 0.2) is 0 Å². The van der Waals surface area contributed by atoms with Crippen LogP contribution in [-0.4, -0.2) is 34.0 Å². The number of carboxylic acids is 1. The van der Waals surface area contributed by atoms with Crippen LogP contribution in [0.5, 0.6) is 0 Å². The van der Waals surface area contributed by atoms with E-state index in [2.05, 4.69) is 15.6 Å². The van der Waals surface area contributed by atoms with Gasteiger partial charge in [-0.05, 0) is 25.0 Å². The maximum atomic E-state index is 11.7. The second kappa shape index (κ2) is 7.07. The number of nitrogens with one attached hydrogen (secondary N) is 2. The summed E-state index contributed by atoms with van der Waals surface area (Å²) in [7, 11) is 0. The standard InChI is InChI=1S/C12H16N4O4/c1-7-4-5-14-6-9(7)16-12(20)15-8(11(18)19)2-3-10(13)17/h4-6,8H,2-3H2,1H3,(H2,13,17)(H,18,19)(H2,15,16,20)/t8-/m1/s1. The summed E-state index contributed by atoms with van der Waals surface area (Å²) in [4.78, 5) is 37.1. The van der Waals surface area contributed by atoms with E-state index in [9.17, 15) is 14.4 Å². The lowest BCUT2D eigenvalue weighted by atomic mass is 10.1. The SMILES string of the molecule is Cc1ccncc1NC(=O)N[C@H](CCC(N)=O)C(=O)O. The summed E-state index contributed by atoms with van der Waals surface area (Å²) in [6.07, 6.45) is 2.84. The van der Waals surface area contributed by atoms with Crippen molar-refractivity contribution in [2.75, 3.05) is 5.32 Å². The van der Waals surface area contributed by atoms with Crippen LogP contribution in [0.15, 0.2) is 18.5 Å². The van der Waals surface area contributed by atoms with Gasteiger partial charge >= 0.3 is 12.0 Å². The number of carboxylic acid groups (broad SMARTS) is 1. The first-order valence-electron chi connectivity index (χ1n) is 5.89. The predicted molar refractivity (Wildman–Crippen MR) is 71.0 cm³/mol. The number of pyridine rings is 1. The largest absolute Gasteiger partial charge is 0.480 e. The summed E-state index contributed by atoms with van der Waals surface area (Å²) in [5.41, 5.74) is 6.21. The summed E-state index contributed by atoms with van der Waals surface area (Å²) in [5.74, 6) is -1.86. The average Bonchev–Trinajstić information content (AvgIpc) is 2.36. The molecule has 1 rings (SSSR count). The van der Waals surface area contributed by atoms with Crippen LogP contribution >= 0.6 is 0 Å². The Bertz CT molecular complexity index is 518. The van der Waals surface area contributed by atoms with Gasteiger partial charge in [-0.1, -0.05) is 0 Å². The highest BCUT2D eigenvalue weighted by Gasteiger charge is 2.20. The Morgan fingerprint density at radius 1 is 1.45 bits per heavy atom. The van der Waals surface area contributed by atoms with Crippen molar-refractivity contribution in [1.82, 2.24) is 10.3 Å². The molecule has 8 heteroatoms. The van der Waals surface area contributed by atoms with Gasteiger partial charge in [-0.25, -0.2) is 9.59 Å². The third kappa shape index (κ3) is 4.92. The molecule has 0 aliphatic carbocycles. The number of nitrogens with zero attached hydrogens (tertiary/aromatic N) is 1. The van der Waals surface area contributed by atoms with Crippen LogP contribution < -0.4 is 16.4 Å². The topological polar surface area (TPSA) is 134 Å². The van der Waals surface area contributed by atoms with E-state index in [4.69, 9.17) is 10.8 Å². The molecule has 0 spiro atoms. The number of nitrogens with two attached hydrogens (primary N) is 1. The third-order valence-corrected chi connectivity index (χ3v) is 2.57. The highest BCUT2D eigenvalue weighted by Crippen LogP contribution is 2.11. The van der Waals surface area contributed by atoms with Crippen LogP contribution in [0.25, 0.3) is 0 Å². The quantitative estimate of drug-likeness (QED) is 0.591. The predicted octanol–water partition coefficient (Wildman–Crippen LogP) is 0.230. The van der Waals surface area contributed by atoms with E-state index < -0.39 is 23.9 Å². The van der Waals surface area contributed by atoms with Gasteiger partial charge in [0.1, 0.15) is 6.04 Å². The third-order valence-electron chi connectivity index (χ3n) is 2.57. The second-order valence-corrected chi connectivity index (χ2v) is 4.18. The van der Waals surface area contributed by atoms with Crippen molar-refractivity contribution in [2.24, 2.45) is 5.73 Å². The molecule has 0 unspecified atom stereocenters. The average molecular weight is 280 g/mol. The van der Waals surface area contributed by atoms with Crippen LogP contribution in [0.3, 0.4) is 0 Å². The number of aliphatic carboxylic acids is 1. The first kappa shape index (κ1) is 15.4. The molecular formula is C12H16N4O4. The monoisotopic (exact) mass is 280 g/mol. The first-order valence-corrected chi connectivity index (χ1v) is 5.89. The smallest absolute Gasteiger partial charge is 0.326 e. The minimum atomic E-state index is -1.23. The summed E-state index contributed by atoms with van der Waals surface area (Å²) in [6, 6.07) is -0.158. The number of urea groups is 1. The molecule has 1 aromatic rings. The molecule has 0 aliphatic rings. The van der Waals surface area contributed by atoms with Crippen LogP contribution in [0.1, 0.15) is 18.4 Å². The summed E-state index contributed by atoms with van der Waals surface area (Å²) in [5, 5.41) is 13.7. The molecule has 0 radical (unpaired) electrons. The molecule has 0 fully saturated rings. The number of carbonyl (C=O) groups excluding carboxylic acids is 2. The fourth-order valence-corrected chi connectivity index (χ4v) is 1.46. The molecule has 3 amide bonds. The Labute approximate surface area is 115 Å². The van der Waals surface area contributed by atoms with E-state index in [1.54, 1.807) is 19.2 Å². The highest BCUT2D eigenvalue weighted by atomic mass is 16.4. The lowest BCUT2D eigenvalue weighted by Gasteiger charge is -2.15.